The highest BCUT2D eigenvalue weighted by molar-refractivity contribution is 9.10. The quantitative estimate of drug-likeness (QED) is 0.761. The fraction of sp³-hybridized carbons (Fsp3) is 0.417. The Balaban J connectivity index is 2.94. The van der Waals surface area contributed by atoms with Crippen molar-refractivity contribution in [2.75, 3.05) is 18.4 Å². The van der Waals surface area contributed by atoms with E-state index in [1.165, 1.54) is 0 Å². The number of halogens is 2. The molecule has 0 bridgehead atoms. The van der Waals surface area contributed by atoms with Crippen molar-refractivity contribution < 1.29 is 4.79 Å². The summed E-state index contributed by atoms with van der Waals surface area (Å²) in [5, 5.41) is 0.802. The standard InChI is InChI=1S/C12H15Br2NO/c1-3-15(7-6-13)12(16)10-5-4-9(2)8-11(10)14/h4-5,8H,3,6-7H2,1-2H3. The van der Waals surface area contributed by atoms with Crippen LogP contribution in [0.4, 0.5) is 0 Å². The molecule has 4 heteroatoms. The van der Waals surface area contributed by atoms with E-state index in [1.807, 2.05) is 36.9 Å². The number of hydrogen-bond acceptors (Lipinski definition) is 1. The average molecular weight is 349 g/mol. The van der Waals surface area contributed by atoms with Gasteiger partial charge in [-0.05, 0) is 47.5 Å². The van der Waals surface area contributed by atoms with Crippen LogP contribution in [-0.4, -0.2) is 29.2 Å². The molecule has 16 heavy (non-hydrogen) atoms. The SMILES string of the molecule is CCN(CCBr)C(=O)c1ccc(C)cc1Br. The lowest BCUT2D eigenvalue weighted by Crippen LogP contribution is -2.32. The first-order valence-corrected chi connectivity index (χ1v) is 7.13. The first-order valence-electron chi connectivity index (χ1n) is 5.21. The van der Waals surface area contributed by atoms with Crippen LogP contribution < -0.4 is 0 Å². The Bertz CT molecular complexity index is 379. The molecule has 0 unspecified atom stereocenters. The summed E-state index contributed by atoms with van der Waals surface area (Å²) in [4.78, 5) is 14.0. The largest absolute Gasteiger partial charge is 0.338 e. The second-order valence-electron chi connectivity index (χ2n) is 3.56. The number of benzene rings is 1. The van der Waals surface area contributed by atoms with Gasteiger partial charge in [0.15, 0.2) is 0 Å². The van der Waals surface area contributed by atoms with E-state index in [0.29, 0.717) is 0 Å². The molecule has 0 saturated heterocycles. The molecule has 0 radical (unpaired) electrons. The highest BCUT2D eigenvalue weighted by Crippen LogP contribution is 2.20. The zero-order chi connectivity index (χ0) is 12.1. The fourth-order valence-corrected chi connectivity index (χ4v) is 2.56. The molecule has 0 heterocycles. The lowest BCUT2D eigenvalue weighted by atomic mass is 10.1. The summed E-state index contributed by atoms with van der Waals surface area (Å²) in [7, 11) is 0. The lowest BCUT2D eigenvalue weighted by Gasteiger charge is -2.20. The molecule has 0 aliphatic heterocycles. The second-order valence-corrected chi connectivity index (χ2v) is 5.20. The molecule has 2 nitrogen and oxygen atoms in total. The van der Waals surface area contributed by atoms with Gasteiger partial charge in [-0.15, -0.1) is 0 Å². The number of carbonyl (C=O) groups excluding carboxylic acids is 1. The smallest absolute Gasteiger partial charge is 0.255 e. The van der Waals surface area contributed by atoms with Gasteiger partial charge in [0.25, 0.3) is 5.91 Å². The Labute approximate surface area is 113 Å². The van der Waals surface area contributed by atoms with Crippen molar-refractivity contribution in [1.82, 2.24) is 4.90 Å². The van der Waals surface area contributed by atoms with E-state index in [1.54, 1.807) is 0 Å². The molecule has 0 fully saturated rings. The maximum atomic E-state index is 12.2. The Morgan fingerprint density at radius 3 is 2.62 bits per heavy atom. The highest BCUT2D eigenvalue weighted by Gasteiger charge is 2.15. The minimum absolute atomic E-state index is 0.0776. The van der Waals surface area contributed by atoms with Crippen molar-refractivity contribution in [2.45, 2.75) is 13.8 Å². The zero-order valence-electron chi connectivity index (χ0n) is 9.46. The normalized spacial score (nSPS) is 10.2. The zero-order valence-corrected chi connectivity index (χ0v) is 12.6. The Kier molecular flexibility index (Phi) is 5.49. The summed E-state index contributed by atoms with van der Waals surface area (Å²) >= 11 is 6.79. The number of amides is 1. The fourth-order valence-electron chi connectivity index (χ4n) is 1.47. The summed E-state index contributed by atoms with van der Waals surface area (Å²) in [5.41, 5.74) is 1.88. The average Bonchev–Trinajstić information content (AvgIpc) is 2.25. The van der Waals surface area contributed by atoms with Crippen LogP contribution in [0.3, 0.4) is 0 Å². The van der Waals surface area contributed by atoms with Gasteiger partial charge in [-0.25, -0.2) is 0 Å². The molecule has 0 saturated carbocycles. The maximum Gasteiger partial charge on any atom is 0.255 e. The third-order valence-electron chi connectivity index (χ3n) is 2.38. The van der Waals surface area contributed by atoms with E-state index < -0.39 is 0 Å². The van der Waals surface area contributed by atoms with E-state index in [-0.39, 0.29) is 5.91 Å². The molecule has 88 valence electrons. The van der Waals surface area contributed by atoms with Gasteiger partial charge < -0.3 is 4.90 Å². The number of rotatable bonds is 4. The van der Waals surface area contributed by atoms with Gasteiger partial charge in [-0.1, -0.05) is 22.0 Å². The molecular weight excluding hydrogens is 334 g/mol. The van der Waals surface area contributed by atoms with E-state index in [0.717, 1.165) is 34.0 Å². The third kappa shape index (κ3) is 3.32. The summed E-state index contributed by atoms with van der Waals surface area (Å²) in [6.07, 6.45) is 0. The van der Waals surface area contributed by atoms with Crippen LogP contribution in [-0.2, 0) is 0 Å². The van der Waals surface area contributed by atoms with Gasteiger partial charge in [0, 0.05) is 22.9 Å². The minimum atomic E-state index is 0.0776. The monoisotopic (exact) mass is 347 g/mol. The molecule has 0 aromatic heterocycles. The Morgan fingerprint density at radius 1 is 1.44 bits per heavy atom. The van der Waals surface area contributed by atoms with Gasteiger partial charge in [-0.3, -0.25) is 4.79 Å². The van der Waals surface area contributed by atoms with Gasteiger partial charge in [0.2, 0.25) is 0 Å². The maximum absolute atomic E-state index is 12.2. The van der Waals surface area contributed by atoms with Crippen molar-refractivity contribution in [1.29, 1.82) is 0 Å². The molecular formula is C12H15Br2NO. The molecule has 0 aliphatic rings. The molecule has 1 aromatic rings. The van der Waals surface area contributed by atoms with Crippen molar-refractivity contribution >= 4 is 37.8 Å². The van der Waals surface area contributed by atoms with Crippen LogP contribution in [0.5, 0.6) is 0 Å². The summed E-state index contributed by atoms with van der Waals surface area (Å²) in [6.45, 7) is 5.46. The van der Waals surface area contributed by atoms with Gasteiger partial charge in [0.1, 0.15) is 0 Å². The number of aryl methyl sites for hydroxylation is 1. The van der Waals surface area contributed by atoms with Gasteiger partial charge in [0.05, 0.1) is 5.56 Å². The van der Waals surface area contributed by atoms with Crippen molar-refractivity contribution in [2.24, 2.45) is 0 Å². The van der Waals surface area contributed by atoms with Crippen molar-refractivity contribution in [3.8, 4) is 0 Å². The van der Waals surface area contributed by atoms with Gasteiger partial charge in [-0.2, -0.15) is 0 Å². The van der Waals surface area contributed by atoms with Crippen LogP contribution in [0, 0.1) is 6.92 Å². The van der Waals surface area contributed by atoms with Crippen LogP contribution >= 0.6 is 31.9 Å². The van der Waals surface area contributed by atoms with E-state index >= 15 is 0 Å². The van der Waals surface area contributed by atoms with Gasteiger partial charge >= 0.3 is 0 Å². The minimum Gasteiger partial charge on any atom is -0.338 e. The number of alkyl halides is 1. The summed E-state index contributed by atoms with van der Waals surface area (Å²) < 4.78 is 0.866. The Morgan fingerprint density at radius 2 is 2.12 bits per heavy atom. The molecule has 0 atom stereocenters. The second kappa shape index (κ2) is 6.40. The molecule has 0 N–H and O–H groups in total. The van der Waals surface area contributed by atoms with Crippen molar-refractivity contribution in [3.63, 3.8) is 0 Å². The summed E-state index contributed by atoms with van der Waals surface area (Å²) in [6, 6.07) is 5.80. The Hall–Kier alpha value is -0.350. The summed E-state index contributed by atoms with van der Waals surface area (Å²) in [5.74, 6) is 0.0776. The predicted molar refractivity (Wildman–Crippen MR) is 74.3 cm³/mol. The molecule has 1 amide bonds. The first-order chi connectivity index (χ1) is 7.60. The molecule has 1 rings (SSSR count). The lowest BCUT2D eigenvalue weighted by molar-refractivity contribution is 0.0774. The molecule has 1 aromatic carbocycles. The topological polar surface area (TPSA) is 20.3 Å². The van der Waals surface area contributed by atoms with Crippen LogP contribution in [0.15, 0.2) is 22.7 Å². The highest BCUT2D eigenvalue weighted by atomic mass is 79.9. The third-order valence-corrected chi connectivity index (χ3v) is 3.39. The van der Waals surface area contributed by atoms with Crippen LogP contribution in [0.2, 0.25) is 0 Å². The number of hydrogen-bond donors (Lipinski definition) is 0. The number of nitrogens with zero attached hydrogens (tertiary/aromatic N) is 1. The van der Waals surface area contributed by atoms with Crippen LogP contribution in [0.25, 0.3) is 0 Å². The van der Waals surface area contributed by atoms with Crippen molar-refractivity contribution in [3.05, 3.63) is 33.8 Å². The molecule has 0 aliphatic carbocycles. The molecule has 0 spiro atoms. The van der Waals surface area contributed by atoms with E-state index in [9.17, 15) is 4.79 Å². The first kappa shape index (κ1) is 13.7. The van der Waals surface area contributed by atoms with Crippen LogP contribution in [0.1, 0.15) is 22.8 Å². The number of carbonyl (C=O) groups is 1. The predicted octanol–water partition coefficient (Wildman–Crippen LogP) is 3.61. The van der Waals surface area contributed by atoms with E-state index in [2.05, 4.69) is 31.9 Å². The van der Waals surface area contributed by atoms with E-state index in [4.69, 9.17) is 0 Å².